The van der Waals surface area contributed by atoms with E-state index in [2.05, 4.69) is 97.9 Å². The molecule has 7 aromatic carbocycles. The Hall–Kier alpha value is -5.08. The maximum absolute atomic E-state index is 6.37. The van der Waals surface area contributed by atoms with E-state index in [0.29, 0.717) is 0 Å². The third-order valence-electron chi connectivity index (χ3n) is 7.73. The van der Waals surface area contributed by atoms with Crippen molar-refractivity contribution in [2.75, 3.05) is 0 Å². The molecule has 1 heterocycles. The maximum atomic E-state index is 6.37. The van der Waals surface area contributed by atoms with Crippen LogP contribution >= 0.6 is 0 Å². The number of aryl methyl sites for hydroxylation is 1. The first-order valence-electron chi connectivity index (χ1n) is 13.3. The molecule has 2 heteroatoms. The predicted molar refractivity (Wildman–Crippen MR) is 161 cm³/mol. The minimum Gasteiger partial charge on any atom is -0.449 e. The summed E-state index contributed by atoms with van der Waals surface area (Å²) < 4.78 is 12.6. The van der Waals surface area contributed by atoms with Crippen molar-refractivity contribution in [3.63, 3.8) is 0 Å². The Bertz CT molecular complexity index is 2050. The van der Waals surface area contributed by atoms with E-state index in [0.717, 1.165) is 34.1 Å². The molecule has 0 atom stereocenters. The number of hydrogen-bond acceptors (Lipinski definition) is 2. The van der Waals surface area contributed by atoms with Gasteiger partial charge in [0.05, 0.1) is 0 Å². The SMILES string of the molecule is Cc1cc(-c2ccc3c4ccccc4c4ccccc4c3c2)cc(-c2cccc3c2Oc2ccccc2O3)c1. The fourth-order valence-electron chi connectivity index (χ4n) is 5.97. The van der Waals surface area contributed by atoms with Crippen LogP contribution in [0.25, 0.3) is 54.6 Å². The molecular weight excluding hydrogens is 476 g/mol. The van der Waals surface area contributed by atoms with Gasteiger partial charge in [-0.3, -0.25) is 0 Å². The van der Waals surface area contributed by atoms with Gasteiger partial charge in [0.2, 0.25) is 0 Å². The van der Waals surface area contributed by atoms with Crippen molar-refractivity contribution in [3.8, 4) is 45.3 Å². The summed E-state index contributed by atoms with van der Waals surface area (Å²) in [6.45, 7) is 2.15. The molecule has 0 radical (unpaired) electrons. The summed E-state index contributed by atoms with van der Waals surface area (Å²) in [6, 6.07) is 44.9. The molecule has 0 amide bonds. The summed E-state index contributed by atoms with van der Waals surface area (Å²) in [6.07, 6.45) is 0. The van der Waals surface area contributed by atoms with Gasteiger partial charge < -0.3 is 9.47 Å². The highest BCUT2D eigenvalue weighted by molar-refractivity contribution is 6.25. The summed E-state index contributed by atoms with van der Waals surface area (Å²) in [4.78, 5) is 0. The molecule has 0 spiro atoms. The molecule has 0 unspecified atom stereocenters. The topological polar surface area (TPSA) is 18.5 Å². The summed E-state index contributed by atoms with van der Waals surface area (Å²) in [5.41, 5.74) is 5.69. The average Bonchev–Trinajstić information content (AvgIpc) is 2.99. The van der Waals surface area contributed by atoms with Crippen molar-refractivity contribution in [1.29, 1.82) is 0 Å². The quantitative estimate of drug-likeness (QED) is 0.220. The molecule has 0 fully saturated rings. The molecule has 0 saturated carbocycles. The summed E-state index contributed by atoms with van der Waals surface area (Å²) in [5, 5.41) is 7.70. The normalized spacial score (nSPS) is 12.1. The van der Waals surface area contributed by atoms with Crippen molar-refractivity contribution < 1.29 is 9.47 Å². The Morgan fingerprint density at radius 3 is 1.67 bits per heavy atom. The number of ether oxygens (including phenoxy) is 2. The predicted octanol–water partition coefficient (Wildman–Crippen LogP) is 10.7. The van der Waals surface area contributed by atoms with E-state index in [-0.39, 0.29) is 0 Å². The Morgan fingerprint density at radius 1 is 0.385 bits per heavy atom. The summed E-state index contributed by atoms with van der Waals surface area (Å²) in [5.74, 6) is 2.96. The molecule has 1 aliphatic heterocycles. The third-order valence-corrected chi connectivity index (χ3v) is 7.73. The van der Waals surface area contributed by atoms with E-state index in [1.807, 2.05) is 36.4 Å². The summed E-state index contributed by atoms with van der Waals surface area (Å²) >= 11 is 0. The van der Waals surface area contributed by atoms with E-state index >= 15 is 0 Å². The molecule has 8 rings (SSSR count). The van der Waals surface area contributed by atoms with Crippen LogP contribution < -0.4 is 9.47 Å². The summed E-state index contributed by atoms with van der Waals surface area (Å²) in [7, 11) is 0. The number of benzene rings is 7. The van der Waals surface area contributed by atoms with E-state index in [4.69, 9.17) is 9.47 Å². The van der Waals surface area contributed by atoms with E-state index in [1.165, 1.54) is 49.0 Å². The maximum Gasteiger partial charge on any atom is 0.177 e. The molecule has 2 nitrogen and oxygen atoms in total. The molecule has 0 aromatic heterocycles. The lowest BCUT2D eigenvalue weighted by atomic mass is 9.91. The highest BCUT2D eigenvalue weighted by Gasteiger charge is 2.22. The average molecular weight is 501 g/mol. The highest BCUT2D eigenvalue weighted by Crippen LogP contribution is 2.50. The van der Waals surface area contributed by atoms with Crippen LogP contribution in [0.1, 0.15) is 5.56 Å². The number of hydrogen-bond donors (Lipinski definition) is 0. The molecule has 0 aliphatic carbocycles. The van der Waals surface area contributed by atoms with Crippen LogP contribution in [0, 0.1) is 6.92 Å². The smallest absolute Gasteiger partial charge is 0.177 e. The molecule has 7 aromatic rings. The largest absolute Gasteiger partial charge is 0.449 e. The molecule has 0 saturated heterocycles. The minimum atomic E-state index is 0.735. The Morgan fingerprint density at radius 2 is 0.949 bits per heavy atom. The third kappa shape index (κ3) is 3.49. The van der Waals surface area contributed by atoms with Gasteiger partial charge in [0.25, 0.3) is 0 Å². The second-order valence-corrected chi connectivity index (χ2v) is 10.2. The van der Waals surface area contributed by atoms with Gasteiger partial charge in [-0.1, -0.05) is 97.1 Å². The molecule has 0 N–H and O–H groups in total. The fourth-order valence-corrected chi connectivity index (χ4v) is 5.97. The number of para-hydroxylation sites is 3. The van der Waals surface area contributed by atoms with Gasteiger partial charge in [-0.15, -0.1) is 0 Å². The minimum absolute atomic E-state index is 0.735. The van der Waals surface area contributed by atoms with Crippen LogP contribution in [-0.2, 0) is 0 Å². The first-order chi connectivity index (χ1) is 19.2. The number of fused-ring (bicyclic) bond motifs is 8. The first-order valence-corrected chi connectivity index (χ1v) is 13.3. The van der Waals surface area contributed by atoms with Gasteiger partial charge in [-0.2, -0.15) is 0 Å². The zero-order chi connectivity index (χ0) is 25.9. The van der Waals surface area contributed by atoms with Gasteiger partial charge >= 0.3 is 0 Å². The van der Waals surface area contributed by atoms with E-state index in [1.54, 1.807) is 0 Å². The first kappa shape index (κ1) is 22.0. The fraction of sp³-hybridized carbons (Fsp3) is 0.0270. The van der Waals surface area contributed by atoms with Gasteiger partial charge in [0.15, 0.2) is 23.0 Å². The molecule has 1 aliphatic rings. The van der Waals surface area contributed by atoms with Crippen LogP contribution in [-0.4, -0.2) is 0 Å². The number of rotatable bonds is 2. The monoisotopic (exact) mass is 500 g/mol. The Balaban J connectivity index is 1.31. The van der Waals surface area contributed by atoms with Crippen molar-refractivity contribution in [2.45, 2.75) is 6.92 Å². The van der Waals surface area contributed by atoms with Crippen molar-refractivity contribution in [2.24, 2.45) is 0 Å². The lowest BCUT2D eigenvalue weighted by molar-refractivity contribution is 0.361. The second kappa shape index (κ2) is 8.47. The molecular formula is C37H24O2. The lowest BCUT2D eigenvalue weighted by Crippen LogP contribution is -2.00. The van der Waals surface area contributed by atoms with E-state index in [9.17, 15) is 0 Å². The zero-order valence-corrected chi connectivity index (χ0v) is 21.4. The van der Waals surface area contributed by atoms with Crippen LogP contribution in [0.3, 0.4) is 0 Å². The van der Waals surface area contributed by atoms with Crippen LogP contribution in [0.2, 0.25) is 0 Å². The molecule has 184 valence electrons. The zero-order valence-electron chi connectivity index (χ0n) is 21.4. The van der Waals surface area contributed by atoms with Crippen molar-refractivity contribution in [1.82, 2.24) is 0 Å². The van der Waals surface area contributed by atoms with Crippen LogP contribution in [0.5, 0.6) is 23.0 Å². The standard InChI is InChI=1S/C37H24O2/c1-23-19-25(21-26(20-23)27-13-8-16-36-37(27)39-35-15-7-6-14-34(35)38-36)24-17-18-32-30-11-3-2-9-28(30)29-10-4-5-12-31(29)33(32)22-24/h2-22H,1H3. The molecule has 0 bridgehead atoms. The van der Waals surface area contributed by atoms with Gasteiger partial charge in [-0.05, 0) is 91.8 Å². The van der Waals surface area contributed by atoms with Crippen LogP contribution in [0.4, 0.5) is 0 Å². The lowest BCUT2D eigenvalue weighted by Gasteiger charge is -2.23. The second-order valence-electron chi connectivity index (χ2n) is 10.2. The van der Waals surface area contributed by atoms with Gasteiger partial charge in [0.1, 0.15) is 0 Å². The Kier molecular flexibility index (Phi) is 4.77. The van der Waals surface area contributed by atoms with Crippen LogP contribution in [0.15, 0.2) is 127 Å². The van der Waals surface area contributed by atoms with Crippen molar-refractivity contribution >= 4 is 32.3 Å². The Labute approximate surface area is 226 Å². The molecule has 39 heavy (non-hydrogen) atoms. The highest BCUT2D eigenvalue weighted by atomic mass is 16.6. The van der Waals surface area contributed by atoms with Crippen molar-refractivity contribution in [3.05, 3.63) is 133 Å². The van der Waals surface area contributed by atoms with Gasteiger partial charge in [0, 0.05) is 5.56 Å². The van der Waals surface area contributed by atoms with E-state index < -0.39 is 0 Å². The van der Waals surface area contributed by atoms with Gasteiger partial charge in [-0.25, -0.2) is 0 Å².